The van der Waals surface area contributed by atoms with E-state index in [1.165, 1.54) is 10.5 Å². The largest absolute Gasteiger partial charge is 0.481 e. The quantitative estimate of drug-likeness (QED) is 0.552. The SMILES string of the molecule is Cc1ccc(SCCNCCCC(=O)O)cc1. The summed E-state index contributed by atoms with van der Waals surface area (Å²) in [6.07, 6.45) is 0.947. The number of hydrogen-bond donors (Lipinski definition) is 2. The summed E-state index contributed by atoms with van der Waals surface area (Å²) in [5.41, 5.74) is 1.28. The Kier molecular flexibility index (Phi) is 6.74. The van der Waals surface area contributed by atoms with Crippen molar-refractivity contribution in [3.05, 3.63) is 29.8 Å². The number of aliphatic carboxylic acids is 1. The van der Waals surface area contributed by atoms with Crippen molar-refractivity contribution >= 4 is 17.7 Å². The number of carbonyl (C=O) groups is 1. The van der Waals surface area contributed by atoms with Crippen molar-refractivity contribution in [1.29, 1.82) is 0 Å². The predicted octanol–water partition coefficient (Wildman–Crippen LogP) is 2.54. The molecule has 3 nitrogen and oxygen atoms in total. The number of nitrogens with one attached hydrogen (secondary N) is 1. The molecule has 17 heavy (non-hydrogen) atoms. The van der Waals surface area contributed by atoms with Crippen LogP contribution in [0.3, 0.4) is 0 Å². The minimum Gasteiger partial charge on any atom is -0.481 e. The first-order valence-electron chi connectivity index (χ1n) is 5.80. The number of hydrogen-bond acceptors (Lipinski definition) is 3. The molecule has 0 unspecified atom stereocenters. The average Bonchev–Trinajstić information content (AvgIpc) is 2.30. The van der Waals surface area contributed by atoms with E-state index >= 15 is 0 Å². The molecule has 0 aliphatic rings. The van der Waals surface area contributed by atoms with E-state index < -0.39 is 5.97 Å². The first kappa shape index (κ1) is 14.1. The van der Waals surface area contributed by atoms with Gasteiger partial charge in [-0.2, -0.15) is 0 Å². The number of thioether (sulfide) groups is 1. The lowest BCUT2D eigenvalue weighted by molar-refractivity contribution is -0.137. The summed E-state index contributed by atoms with van der Waals surface area (Å²) in [6, 6.07) is 8.49. The standard InChI is InChI=1S/C13H19NO2S/c1-11-4-6-12(7-5-11)17-10-9-14-8-2-3-13(15)16/h4-7,14H,2-3,8-10H2,1H3,(H,15,16). The van der Waals surface area contributed by atoms with E-state index in [1.54, 1.807) is 0 Å². The normalized spacial score (nSPS) is 10.4. The molecule has 2 N–H and O–H groups in total. The third-order valence-corrected chi connectivity index (χ3v) is 3.33. The van der Waals surface area contributed by atoms with Gasteiger partial charge < -0.3 is 10.4 Å². The van der Waals surface area contributed by atoms with Gasteiger partial charge in [-0.1, -0.05) is 17.7 Å². The van der Waals surface area contributed by atoms with Crippen LogP contribution in [-0.2, 0) is 4.79 Å². The molecule has 0 amide bonds. The zero-order valence-corrected chi connectivity index (χ0v) is 10.9. The minimum atomic E-state index is -0.721. The zero-order valence-electron chi connectivity index (χ0n) is 10.1. The third kappa shape index (κ3) is 7.02. The molecule has 1 aromatic carbocycles. The average molecular weight is 253 g/mol. The lowest BCUT2D eigenvalue weighted by atomic mass is 10.2. The number of aryl methyl sites for hydroxylation is 1. The van der Waals surface area contributed by atoms with Crippen LogP contribution >= 0.6 is 11.8 Å². The maximum Gasteiger partial charge on any atom is 0.303 e. The Morgan fingerprint density at radius 3 is 2.65 bits per heavy atom. The van der Waals surface area contributed by atoms with Crippen molar-refractivity contribution in [3.63, 3.8) is 0 Å². The minimum absolute atomic E-state index is 0.248. The Morgan fingerprint density at radius 1 is 1.29 bits per heavy atom. The third-order valence-electron chi connectivity index (χ3n) is 2.31. The molecule has 0 radical (unpaired) electrons. The first-order chi connectivity index (χ1) is 8.18. The van der Waals surface area contributed by atoms with Crippen molar-refractivity contribution in [2.24, 2.45) is 0 Å². The van der Waals surface area contributed by atoms with Gasteiger partial charge in [0.2, 0.25) is 0 Å². The molecule has 0 atom stereocenters. The van der Waals surface area contributed by atoms with Crippen molar-refractivity contribution in [2.45, 2.75) is 24.7 Å². The highest BCUT2D eigenvalue weighted by atomic mass is 32.2. The Morgan fingerprint density at radius 2 is 2.00 bits per heavy atom. The summed E-state index contributed by atoms with van der Waals surface area (Å²) in [6.45, 7) is 3.78. The molecular weight excluding hydrogens is 234 g/mol. The molecule has 0 aliphatic carbocycles. The smallest absolute Gasteiger partial charge is 0.303 e. The molecule has 0 aromatic heterocycles. The highest BCUT2D eigenvalue weighted by Crippen LogP contribution is 2.17. The van der Waals surface area contributed by atoms with Gasteiger partial charge in [0.15, 0.2) is 0 Å². The van der Waals surface area contributed by atoms with Crippen LogP contribution in [0.2, 0.25) is 0 Å². The van der Waals surface area contributed by atoms with Crippen molar-refractivity contribution in [2.75, 3.05) is 18.8 Å². The van der Waals surface area contributed by atoms with E-state index in [4.69, 9.17) is 5.11 Å². The molecule has 0 saturated carbocycles. The van der Waals surface area contributed by atoms with Gasteiger partial charge in [0.1, 0.15) is 0 Å². The molecule has 0 fully saturated rings. The fraction of sp³-hybridized carbons (Fsp3) is 0.462. The summed E-state index contributed by atoms with van der Waals surface area (Å²) in [7, 11) is 0. The molecule has 0 saturated heterocycles. The van der Waals surface area contributed by atoms with E-state index in [0.29, 0.717) is 6.42 Å². The van der Waals surface area contributed by atoms with Crippen molar-refractivity contribution in [1.82, 2.24) is 5.32 Å². The van der Waals surface area contributed by atoms with Gasteiger partial charge in [-0.05, 0) is 32.0 Å². The fourth-order valence-corrected chi connectivity index (χ4v) is 2.18. The van der Waals surface area contributed by atoms with Crippen LogP contribution < -0.4 is 5.32 Å². The molecule has 0 heterocycles. The Labute approximate surface area is 107 Å². The zero-order chi connectivity index (χ0) is 12.5. The van der Waals surface area contributed by atoms with E-state index in [9.17, 15) is 4.79 Å². The summed E-state index contributed by atoms with van der Waals surface area (Å²) < 4.78 is 0. The molecule has 0 spiro atoms. The summed E-state index contributed by atoms with van der Waals surface area (Å²) in [5.74, 6) is 0.289. The van der Waals surface area contributed by atoms with E-state index in [-0.39, 0.29) is 6.42 Å². The van der Waals surface area contributed by atoms with Crippen LogP contribution in [0, 0.1) is 6.92 Å². The van der Waals surface area contributed by atoms with Gasteiger partial charge in [0.25, 0.3) is 0 Å². The fourth-order valence-electron chi connectivity index (χ4n) is 1.37. The van der Waals surface area contributed by atoms with E-state index in [2.05, 4.69) is 36.5 Å². The molecule has 1 aromatic rings. The second-order valence-electron chi connectivity index (χ2n) is 3.91. The summed E-state index contributed by atoms with van der Waals surface area (Å²) >= 11 is 1.81. The number of benzene rings is 1. The first-order valence-corrected chi connectivity index (χ1v) is 6.79. The second-order valence-corrected chi connectivity index (χ2v) is 5.08. The Bertz CT molecular complexity index is 338. The summed E-state index contributed by atoms with van der Waals surface area (Å²) in [4.78, 5) is 11.5. The lowest BCUT2D eigenvalue weighted by Crippen LogP contribution is -2.19. The van der Waals surface area contributed by atoms with Gasteiger partial charge in [-0.3, -0.25) is 4.79 Å². The molecule has 4 heteroatoms. The summed E-state index contributed by atoms with van der Waals surface area (Å²) in [5, 5.41) is 11.7. The number of carboxylic acids is 1. The Hall–Kier alpha value is -1.00. The van der Waals surface area contributed by atoms with Gasteiger partial charge in [-0.25, -0.2) is 0 Å². The number of carboxylic acid groups (broad SMARTS) is 1. The molecular formula is C13H19NO2S. The maximum absolute atomic E-state index is 10.3. The van der Waals surface area contributed by atoms with Crippen LogP contribution in [0.15, 0.2) is 29.2 Å². The van der Waals surface area contributed by atoms with E-state index in [1.807, 2.05) is 11.8 Å². The molecule has 94 valence electrons. The lowest BCUT2D eigenvalue weighted by Gasteiger charge is -2.04. The van der Waals surface area contributed by atoms with Crippen LogP contribution in [0.4, 0.5) is 0 Å². The monoisotopic (exact) mass is 253 g/mol. The van der Waals surface area contributed by atoms with Gasteiger partial charge in [-0.15, -0.1) is 11.8 Å². The molecule has 0 bridgehead atoms. The van der Waals surface area contributed by atoms with Crippen LogP contribution in [-0.4, -0.2) is 29.9 Å². The highest BCUT2D eigenvalue weighted by Gasteiger charge is 1.96. The topological polar surface area (TPSA) is 49.3 Å². The van der Waals surface area contributed by atoms with Crippen LogP contribution in [0.5, 0.6) is 0 Å². The van der Waals surface area contributed by atoms with Crippen molar-refractivity contribution in [3.8, 4) is 0 Å². The van der Waals surface area contributed by atoms with Crippen LogP contribution in [0.25, 0.3) is 0 Å². The van der Waals surface area contributed by atoms with Gasteiger partial charge in [0, 0.05) is 23.6 Å². The van der Waals surface area contributed by atoms with Crippen LogP contribution in [0.1, 0.15) is 18.4 Å². The van der Waals surface area contributed by atoms with Crippen molar-refractivity contribution < 1.29 is 9.90 Å². The van der Waals surface area contributed by atoms with E-state index in [0.717, 1.165) is 18.8 Å². The molecule has 1 rings (SSSR count). The number of rotatable bonds is 8. The van der Waals surface area contributed by atoms with Gasteiger partial charge >= 0.3 is 5.97 Å². The molecule has 0 aliphatic heterocycles. The maximum atomic E-state index is 10.3. The van der Waals surface area contributed by atoms with Gasteiger partial charge in [0.05, 0.1) is 0 Å². The highest BCUT2D eigenvalue weighted by molar-refractivity contribution is 7.99. The predicted molar refractivity (Wildman–Crippen MR) is 71.6 cm³/mol. The Balaban J connectivity index is 2.01. The second kappa shape index (κ2) is 8.14.